The monoisotopic (exact) mass is 317 g/mol. The second-order valence-corrected chi connectivity index (χ2v) is 6.16. The molecule has 0 radical (unpaired) electrons. The van der Waals surface area contributed by atoms with Crippen molar-refractivity contribution in [3.05, 3.63) is 22.4 Å². The number of carbonyl (C=O) groups is 1. The van der Waals surface area contributed by atoms with Crippen LogP contribution in [-0.4, -0.2) is 17.3 Å². The second-order valence-electron chi connectivity index (χ2n) is 4.21. The lowest BCUT2D eigenvalue weighted by Crippen LogP contribution is -2.33. The van der Waals surface area contributed by atoms with E-state index in [0.717, 1.165) is 24.9 Å². The molecular weight excluding hydrogens is 298 g/mol. The zero-order valence-corrected chi connectivity index (χ0v) is 12.8. The fraction of sp³-hybridized carbons (Fsp3) is 0.615. The SMILES string of the molecule is CCC(CC)C(Br)CNC(=O)Cc1ccsc1. The van der Waals surface area contributed by atoms with Crippen molar-refractivity contribution in [3.8, 4) is 0 Å². The average Bonchev–Trinajstić information content (AvgIpc) is 2.81. The minimum Gasteiger partial charge on any atom is -0.355 e. The predicted molar refractivity (Wildman–Crippen MR) is 77.8 cm³/mol. The van der Waals surface area contributed by atoms with Crippen LogP contribution in [0.2, 0.25) is 0 Å². The van der Waals surface area contributed by atoms with Gasteiger partial charge >= 0.3 is 0 Å². The molecule has 0 aliphatic rings. The molecule has 4 heteroatoms. The lowest BCUT2D eigenvalue weighted by atomic mass is 9.99. The van der Waals surface area contributed by atoms with Gasteiger partial charge in [-0.3, -0.25) is 4.79 Å². The number of alkyl halides is 1. The summed E-state index contributed by atoms with van der Waals surface area (Å²) in [6, 6.07) is 2.00. The zero-order valence-electron chi connectivity index (χ0n) is 10.4. The van der Waals surface area contributed by atoms with E-state index in [-0.39, 0.29) is 5.91 Å². The van der Waals surface area contributed by atoms with E-state index in [9.17, 15) is 4.79 Å². The molecule has 0 saturated heterocycles. The van der Waals surface area contributed by atoms with Crippen LogP contribution in [0.25, 0.3) is 0 Å². The third-order valence-electron chi connectivity index (χ3n) is 3.00. The summed E-state index contributed by atoms with van der Waals surface area (Å²) in [5, 5.41) is 7.01. The van der Waals surface area contributed by atoms with Crippen LogP contribution in [0.3, 0.4) is 0 Å². The normalized spacial score (nSPS) is 12.7. The van der Waals surface area contributed by atoms with Crippen molar-refractivity contribution in [1.82, 2.24) is 5.32 Å². The van der Waals surface area contributed by atoms with Gasteiger partial charge in [0.25, 0.3) is 0 Å². The highest BCUT2D eigenvalue weighted by Gasteiger charge is 2.15. The van der Waals surface area contributed by atoms with Gasteiger partial charge in [-0.05, 0) is 28.3 Å². The van der Waals surface area contributed by atoms with E-state index >= 15 is 0 Å². The maximum absolute atomic E-state index is 11.7. The minimum absolute atomic E-state index is 0.110. The van der Waals surface area contributed by atoms with E-state index in [2.05, 4.69) is 35.1 Å². The van der Waals surface area contributed by atoms with Crippen LogP contribution in [-0.2, 0) is 11.2 Å². The molecular formula is C13H20BrNOS. The minimum atomic E-state index is 0.110. The Bertz CT molecular complexity index is 322. The Hall–Kier alpha value is -0.350. The van der Waals surface area contributed by atoms with Gasteiger partial charge in [-0.1, -0.05) is 42.6 Å². The van der Waals surface area contributed by atoms with Crippen molar-refractivity contribution in [3.63, 3.8) is 0 Å². The molecule has 0 saturated carbocycles. The molecule has 1 atom stereocenters. The molecule has 1 unspecified atom stereocenters. The first-order chi connectivity index (χ1) is 8.17. The number of amides is 1. The highest BCUT2D eigenvalue weighted by Crippen LogP contribution is 2.19. The Morgan fingerprint density at radius 3 is 2.71 bits per heavy atom. The fourth-order valence-corrected chi connectivity index (χ4v) is 3.40. The Kier molecular flexibility index (Phi) is 6.82. The molecule has 1 aromatic heterocycles. The molecule has 2 nitrogen and oxygen atoms in total. The van der Waals surface area contributed by atoms with Gasteiger partial charge in [-0.15, -0.1) is 0 Å². The zero-order chi connectivity index (χ0) is 12.7. The summed E-state index contributed by atoms with van der Waals surface area (Å²) in [4.78, 5) is 12.1. The fourth-order valence-electron chi connectivity index (χ4n) is 1.82. The van der Waals surface area contributed by atoms with Crippen LogP contribution in [0.4, 0.5) is 0 Å². The molecule has 17 heavy (non-hydrogen) atoms. The Labute approximate surface area is 116 Å². The molecule has 1 heterocycles. The van der Waals surface area contributed by atoms with Gasteiger partial charge in [0, 0.05) is 11.4 Å². The first-order valence-electron chi connectivity index (χ1n) is 6.09. The van der Waals surface area contributed by atoms with Crippen molar-refractivity contribution < 1.29 is 4.79 Å². The van der Waals surface area contributed by atoms with Gasteiger partial charge in [0.15, 0.2) is 0 Å². The molecule has 1 amide bonds. The summed E-state index contributed by atoms with van der Waals surface area (Å²) >= 11 is 5.29. The van der Waals surface area contributed by atoms with E-state index in [1.807, 2.05) is 16.8 Å². The number of halogens is 1. The lowest BCUT2D eigenvalue weighted by Gasteiger charge is -2.19. The topological polar surface area (TPSA) is 29.1 Å². The van der Waals surface area contributed by atoms with Crippen LogP contribution in [0.1, 0.15) is 32.3 Å². The molecule has 1 N–H and O–H groups in total. The van der Waals surface area contributed by atoms with Crippen LogP contribution in [0.15, 0.2) is 16.8 Å². The molecule has 0 fully saturated rings. The van der Waals surface area contributed by atoms with Crippen molar-refractivity contribution in [2.75, 3.05) is 6.54 Å². The smallest absolute Gasteiger partial charge is 0.224 e. The van der Waals surface area contributed by atoms with E-state index < -0.39 is 0 Å². The number of nitrogens with one attached hydrogen (secondary N) is 1. The summed E-state index contributed by atoms with van der Waals surface area (Å²) in [7, 11) is 0. The number of carbonyl (C=O) groups excluding carboxylic acids is 1. The average molecular weight is 318 g/mol. The summed E-state index contributed by atoms with van der Waals surface area (Å²) in [6.07, 6.45) is 2.78. The number of hydrogen-bond donors (Lipinski definition) is 1. The highest BCUT2D eigenvalue weighted by atomic mass is 79.9. The van der Waals surface area contributed by atoms with Crippen LogP contribution in [0.5, 0.6) is 0 Å². The summed E-state index contributed by atoms with van der Waals surface area (Å²) in [6.45, 7) is 5.10. The van der Waals surface area contributed by atoms with E-state index in [1.54, 1.807) is 11.3 Å². The van der Waals surface area contributed by atoms with Crippen molar-refractivity contribution in [2.24, 2.45) is 5.92 Å². The van der Waals surface area contributed by atoms with Gasteiger partial charge < -0.3 is 5.32 Å². The van der Waals surface area contributed by atoms with Crippen molar-refractivity contribution in [1.29, 1.82) is 0 Å². The molecule has 1 aromatic rings. The lowest BCUT2D eigenvalue weighted by molar-refractivity contribution is -0.120. The van der Waals surface area contributed by atoms with E-state index in [0.29, 0.717) is 17.2 Å². The van der Waals surface area contributed by atoms with Gasteiger partial charge in [-0.25, -0.2) is 0 Å². The third kappa shape index (κ3) is 5.21. The first-order valence-corrected chi connectivity index (χ1v) is 7.95. The first kappa shape index (κ1) is 14.7. The molecule has 0 aromatic carbocycles. The van der Waals surface area contributed by atoms with Gasteiger partial charge in [0.2, 0.25) is 5.91 Å². The molecule has 96 valence electrons. The summed E-state index contributed by atoms with van der Waals surface area (Å²) in [5.74, 6) is 0.746. The van der Waals surface area contributed by atoms with Crippen molar-refractivity contribution in [2.45, 2.75) is 37.9 Å². The summed E-state index contributed by atoms with van der Waals surface area (Å²) in [5.41, 5.74) is 1.10. The maximum Gasteiger partial charge on any atom is 0.224 e. The standard InChI is InChI=1S/C13H20BrNOS/c1-3-11(4-2)12(14)8-15-13(16)7-10-5-6-17-9-10/h5-6,9,11-12H,3-4,7-8H2,1-2H3,(H,15,16). The molecule has 0 spiro atoms. The maximum atomic E-state index is 11.7. The van der Waals surface area contributed by atoms with Crippen LogP contribution < -0.4 is 5.32 Å². The van der Waals surface area contributed by atoms with Gasteiger partial charge in [0.05, 0.1) is 6.42 Å². The molecule has 0 bridgehead atoms. The van der Waals surface area contributed by atoms with Crippen molar-refractivity contribution >= 4 is 33.2 Å². The number of thiophene rings is 1. The van der Waals surface area contributed by atoms with Gasteiger partial charge in [-0.2, -0.15) is 11.3 Å². The van der Waals surface area contributed by atoms with Crippen LogP contribution >= 0.6 is 27.3 Å². The molecule has 1 rings (SSSR count). The Morgan fingerprint density at radius 1 is 1.47 bits per heavy atom. The second kappa shape index (κ2) is 7.88. The van der Waals surface area contributed by atoms with E-state index in [1.165, 1.54) is 0 Å². The Balaban J connectivity index is 2.28. The largest absolute Gasteiger partial charge is 0.355 e. The quantitative estimate of drug-likeness (QED) is 0.765. The van der Waals surface area contributed by atoms with Crippen LogP contribution in [0, 0.1) is 5.92 Å². The summed E-state index contributed by atoms with van der Waals surface area (Å²) < 4.78 is 0. The number of rotatable bonds is 7. The third-order valence-corrected chi connectivity index (χ3v) is 4.80. The highest BCUT2D eigenvalue weighted by molar-refractivity contribution is 9.09. The van der Waals surface area contributed by atoms with E-state index in [4.69, 9.17) is 0 Å². The number of hydrogen-bond acceptors (Lipinski definition) is 2. The molecule has 0 aliphatic heterocycles. The Morgan fingerprint density at radius 2 is 2.18 bits per heavy atom. The predicted octanol–water partition coefficient (Wildman–Crippen LogP) is 3.61. The van der Waals surface area contributed by atoms with Gasteiger partial charge in [0.1, 0.15) is 0 Å². The molecule has 0 aliphatic carbocycles.